The van der Waals surface area contributed by atoms with Gasteiger partial charge in [0.05, 0.1) is 11.0 Å². The second-order valence-corrected chi connectivity index (χ2v) is 8.51. The van der Waals surface area contributed by atoms with Gasteiger partial charge in [0.15, 0.2) is 5.82 Å². The van der Waals surface area contributed by atoms with Crippen molar-refractivity contribution in [2.75, 3.05) is 11.9 Å². The van der Waals surface area contributed by atoms with E-state index < -0.39 is 0 Å². The first-order valence-corrected chi connectivity index (χ1v) is 9.73. The molecule has 2 aliphatic carbocycles. The minimum Gasteiger partial charge on any atom is -0.337 e. The maximum atomic E-state index is 12.1. The summed E-state index contributed by atoms with van der Waals surface area (Å²) in [5.74, 6) is 1.70. The van der Waals surface area contributed by atoms with Crippen LogP contribution in [0.25, 0.3) is 22.6 Å². The Hall–Kier alpha value is -2.63. The zero-order valence-corrected chi connectivity index (χ0v) is 16.3. The lowest BCUT2D eigenvalue weighted by atomic mass is 9.88. The zero-order valence-electron chi connectivity index (χ0n) is 16.3. The smallest absolute Gasteiger partial charge is 0.226 e. The minimum absolute atomic E-state index is 0.0991. The van der Waals surface area contributed by atoms with Crippen LogP contribution in [0.15, 0.2) is 12.1 Å². The molecule has 0 aliphatic heterocycles. The molecule has 0 bridgehead atoms. The summed E-state index contributed by atoms with van der Waals surface area (Å²) in [6, 6.07) is 4.06. The van der Waals surface area contributed by atoms with Crippen LogP contribution >= 0.6 is 0 Å². The number of nitrogens with zero attached hydrogens (tertiary/aromatic N) is 3. The van der Waals surface area contributed by atoms with Crippen LogP contribution in [-0.4, -0.2) is 33.1 Å². The Kier molecular flexibility index (Phi) is 3.33. The number of nitrogens with one attached hydrogen (secondary N) is 2. The standard InChI is InChI=1S/C21H25N5O/c1-5-18(27)26(4)17-8-15-14(6-11(17)2)22-20(23-15)19-13-7-12-9-21(12,3)10-16(13)24-25-19/h6,8,12H,5,7,9-10H2,1-4H3,(H,22,23)(H,24,25)/t12-,21-/m1/s1. The fourth-order valence-corrected chi connectivity index (χ4v) is 4.65. The number of hydrogen-bond acceptors (Lipinski definition) is 3. The van der Waals surface area contributed by atoms with Crippen LogP contribution < -0.4 is 4.90 Å². The fourth-order valence-electron chi connectivity index (χ4n) is 4.65. The van der Waals surface area contributed by atoms with Gasteiger partial charge < -0.3 is 9.88 Å². The number of imidazole rings is 1. The number of H-pyrrole nitrogens is 2. The Morgan fingerprint density at radius 3 is 3.00 bits per heavy atom. The van der Waals surface area contributed by atoms with Crippen molar-refractivity contribution in [1.82, 2.24) is 20.2 Å². The Balaban J connectivity index is 1.56. The summed E-state index contributed by atoms with van der Waals surface area (Å²) in [6.07, 6.45) is 3.98. The normalized spacial score (nSPS) is 23.2. The average molecular weight is 363 g/mol. The first kappa shape index (κ1) is 16.5. The molecule has 0 spiro atoms. The second kappa shape index (κ2) is 5.44. The Bertz CT molecular complexity index is 1080. The third kappa shape index (κ3) is 2.42. The molecule has 1 fully saturated rings. The van der Waals surface area contributed by atoms with E-state index in [4.69, 9.17) is 4.98 Å². The van der Waals surface area contributed by atoms with Crippen LogP contribution in [0.1, 0.15) is 43.5 Å². The van der Waals surface area contributed by atoms with Crippen LogP contribution in [0.4, 0.5) is 5.69 Å². The van der Waals surface area contributed by atoms with Gasteiger partial charge in [0.25, 0.3) is 0 Å². The number of aromatic nitrogens is 4. The maximum absolute atomic E-state index is 12.1. The molecule has 2 atom stereocenters. The molecule has 6 nitrogen and oxygen atoms in total. The average Bonchev–Trinajstić information content (AvgIpc) is 2.95. The lowest BCUT2D eigenvalue weighted by molar-refractivity contribution is -0.118. The minimum atomic E-state index is 0.0991. The van der Waals surface area contributed by atoms with E-state index in [0.717, 1.165) is 52.6 Å². The number of hydrogen-bond donors (Lipinski definition) is 2. The van der Waals surface area contributed by atoms with E-state index in [1.165, 1.54) is 17.7 Å². The molecule has 0 radical (unpaired) electrons. The van der Waals surface area contributed by atoms with E-state index in [2.05, 4.69) is 28.2 Å². The highest BCUT2D eigenvalue weighted by molar-refractivity contribution is 5.96. The topological polar surface area (TPSA) is 77.7 Å². The van der Waals surface area contributed by atoms with Gasteiger partial charge in [-0.1, -0.05) is 13.8 Å². The van der Waals surface area contributed by atoms with Gasteiger partial charge in [0, 0.05) is 30.4 Å². The van der Waals surface area contributed by atoms with Crippen LogP contribution in [-0.2, 0) is 17.6 Å². The first-order chi connectivity index (χ1) is 12.9. The maximum Gasteiger partial charge on any atom is 0.226 e. The molecular formula is C21H25N5O. The number of aromatic amines is 2. The fraction of sp³-hybridized carbons (Fsp3) is 0.476. The molecular weight excluding hydrogens is 338 g/mol. The summed E-state index contributed by atoms with van der Waals surface area (Å²) >= 11 is 0. The lowest BCUT2D eigenvalue weighted by Gasteiger charge is -2.18. The quantitative estimate of drug-likeness (QED) is 0.744. The first-order valence-electron chi connectivity index (χ1n) is 9.73. The molecule has 2 heterocycles. The highest BCUT2D eigenvalue weighted by Gasteiger charge is 2.53. The molecule has 1 saturated carbocycles. The van der Waals surface area contributed by atoms with Gasteiger partial charge in [-0.2, -0.15) is 5.10 Å². The van der Waals surface area contributed by atoms with Crippen LogP contribution in [0, 0.1) is 18.3 Å². The predicted molar refractivity (Wildman–Crippen MR) is 106 cm³/mol. The number of anilines is 1. The molecule has 2 aromatic heterocycles. The van der Waals surface area contributed by atoms with Crippen molar-refractivity contribution in [3.63, 3.8) is 0 Å². The van der Waals surface area contributed by atoms with Crippen molar-refractivity contribution in [2.24, 2.45) is 11.3 Å². The van der Waals surface area contributed by atoms with Gasteiger partial charge in [-0.3, -0.25) is 9.89 Å². The number of fused-ring (bicyclic) bond motifs is 3. The Morgan fingerprint density at radius 1 is 1.41 bits per heavy atom. The number of carbonyl (C=O) groups excluding carboxylic acids is 1. The van der Waals surface area contributed by atoms with Gasteiger partial charge in [-0.15, -0.1) is 0 Å². The number of rotatable bonds is 3. The van der Waals surface area contributed by atoms with Gasteiger partial charge in [-0.25, -0.2) is 4.98 Å². The SMILES string of the molecule is CCC(=O)N(C)c1cc2nc(-c3n[nH]c4c3C[C@@H]3C[C@]3(C)C4)[nH]c2cc1C. The monoisotopic (exact) mass is 363 g/mol. The highest BCUT2D eigenvalue weighted by Crippen LogP contribution is 2.59. The summed E-state index contributed by atoms with van der Waals surface area (Å²) in [5, 5.41) is 7.84. The summed E-state index contributed by atoms with van der Waals surface area (Å²) in [4.78, 5) is 22.1. The molecule has 140 valence electrons. The molecule has 2 aliphatic rings. The van der Waals surface area contributed by atoms with Crippen molar-refractivity contribution < 1.29 is 4.79 Å². The van der Waals surface area contributed by atoms with Crippen molar-refractivity contribution in [2.45, 2.75) is 46.5 Å². The van der Waals surface area contributed by atoms with E-state index >= 15 is 0 Å². The third-order valence-electron chi connectivity index (χ3n) is 6.58. The number of carbonyl (C=O) groups is 1. The number of benzene rings is 1. The van der Waals surface area contributed by atoms with Gasteiger partial charge in [-0.05, 0) is 55.2 Å². The summed E-state index contributed by atoms with van der Waals surface area (Å²) < 4.78 is 0. The third-order valence-corrected chi connectivity index (χ3v) is 6.58. The Morgan fingerprint density at radius 2 is 2.22 bits per heavy atom. The van der Waals surface area contributed by atoms with Crippen molar-refractivity contribution >= 4 is 22.6 Å². The summed E-state index contributed by atoms with van der Waals surface area (Å²) in [5.41, 5.74) is 7.83. The van der Waals surface area contributed by atoms with Crippen LogP contribution in [0.2, 0.25) is 0 Å². The molecule has 27 heavy (non-hydrogen) atoms. The van der Waals surface area contributed by atoms with Crippen molar-refractivity contribution in [1.29, 1.82) is 0 Å². The Labute approximate surface area is 158 Å². The molecule has 6 heteroatoms. The largest absolute Gasteiger partial charge is 0.337 e. The van der Waals surface area contributed by atoms with Crippen molar-refractivity contribution in [3.05, 3.63) is 29.0 Å². The van der Waals surface area contributed by atoms with E-state index in [0.29, 0.717) is 11.8 Å². The molecule has 1 amide bonds. The van der Waals surface area contributed by atoms with Crippen LogP contribution in [0.5, 0.6) is 0 Å². The van der Waals surface area contributed by atoms with Crippen molar-refractivity contribution in [3.8, 4) is 11.5 Å². The van der Waals surface area contributed by atoms with Gasteiger partial charge >= 0.3 is 0 Å². The van der Waals surface area contributed by atoms with Crippen LogP contribution in [0.3, 0.4) is 0 Å². The number of aryl methyl sites for hydroxylation is 1. The zero-order chi connectivity index (χ0) is 18.9. The van der Waals surface area contributed by atoms with Gasteiger partial charge in [0.1, 0.15) is 5.69 Å². The predicted octanol–water partition coefficient (Wildman–Crippen LogP) is 3.76. The number of amides is 1. The molecule has 0 saturated heterocycles. The lowest BCUT2D eigenvalue weighted by Crippen LogP contribution is -2.25. The molecule has 0 unspecified atom stereocenters. The van der Waals surface area contributed by atoms with Gasteiger partial charge in [0.2, 0.25) is 5.91 Å². The van der Waals surface area contributed by atoms with E-state index in [9.17, 15) is 4.79 Å². The second-order valence-electron chi connectivity index (χ2n) is 8.51. The molecule has 2 N–H and O–H groups in total. The summed E-state index contributed by atoms with van der Waals surface area (Å²) in [7, 11) is 1.82. The van der Waals surface area contributed by atoms with E-state index in [1.807, 2.05) is 27.0 Å². The highest BCUT2D eigenvalue weighted by atomic mass is 16.2. The molecule has 5 rings (SSSR count). The molecule has 1 aromatic carbocycles. The summed E-state index contributed by atoms with van der Waals surface area (Å²) in [6.45, 7) is 6.28. The molecule has 3 aromatic rings. The van der Waals surface area contributed by atoms with E-state index in [1.54, 1.807) is 4.90 Å². The van der Waals surface area contributed by atoms with E-state index in [-0.39, 0.29) is 5.91 Å².